The van der Waals surface area contributed by atoms with Crippen molar-refractivity contribution in [2.24, 2.45) is 0 Å². The van der Waals surface area contributed by atoms with E-state index in [1.165, 1.54) is 41.6 Å². The second-order valence-electron chi connectivity index (χ2n) is 7.29. The molecule has 0 amide bonds. The Bertz CT molecular complexity index is 1520. The first kappa shape index (κ1) is 20.8. The van der Waals surface area contributed by atoms with Gasteiger partial charge >= 0.3 is 0 Å². The van der Waals surface area contributed by atoms with Gasteiger partial charge in [-0.05, 0) is 42.8 Å². The summed E-state index contributed by atoms with van der Waals surface area (Å²) in [6, 6.07) is 10.4. The van der Waals surface area contributed by atoms with Crippen LogP contribution < -0.4 is 16.3 Å². The minimum absolute atomic E-state index is 0.283. The van der Waals surface area contributed by atoms with Crippen molar-refractivity contribution in [1.82, 2.24) is 29.6 Å². The molecule has 0 saturated heterocycles. The molecule has 1 atom stereocenters. The van der Waals surface area contributed by atoms with E-state index in [0.29, 0.717) is 45.5 Å². The van der Waals surface area contributed by atoms with Gasteiger partial charge in [-0.1, -0.05) is 24.6 Å². The number of aromatic amines is 1. The summed E-state index contributed by atoms with van der Waals surface area (Å²) in [5, 5.41) is 3.91. The minimum atomic E-state index is -0.421. The molecule has 0 bridgehead atoms. The Hall–Kier alpha value is -4.05. The van der Waals surface area contributed by atoms with E-state index in [1.807, 2.05) is 6.92 Å². The molecule has 2 aromatic carbocycles. The number of nitrogens with one attached hydrogen (secondary N) is 3. The Morgan fingerprint density at radius 1 is 1.15 bits per heavy atom. The van der Waals surface area contributed by atoms with Gasteiger partial charge in [0, 0.05) is 0 Å². The highest BCUT2D eigenvalue weighted by molar-refractivity contribution is 6.35. The van der Waals surface area contributed by atoms with Gasteiger partial charge in [0.2, 0.25) is 0 Å². The second kappa shape index (κ2) is 8.47. The molecule has 33 heavy (non-hydrogen) atoms. The number of aromatic nitrogens is 6. The highest BCUT2D eigenvalue weighted by atomic mass is 35.5. The molecular weight excluding hydrogens is 447 g/mol. The van der Waals surface area contributed by atoms with E-state index < -0.39 is 6.04 Å². The number of nitrogens with zero attached hydrogens (tertiary/aromatic N) is 5. The summed E-state index contributed by atoms with van der Waals surface area (Å²) in [7, 11) is 0. The number of benzene rings is 2. The molecule has 0 aliphatic heterocycles. The monoisotopic (exact) mass is 464 g/mol. The van der Waals surface area contributed by atoms with E-state index in [9.17, 15) is 9.18 Å². The zero-order valence-electron chi connectivity index (χ0n) is 17.4. The average Bonchev–Trinajstić information content (AvgIpc) is 3.30. The van der Waals surface area contributed by atoms with Crippen LogP contribution in [0, 0.1) is 5.82 Å². The zero-order valence-corrected chi connectivity index (χ0v) is 18.1. The fourth-order valence-electron chi connectivity index (χ4n) is 3.59. The number of fused-ring (bicyclic) bond motifs is 2. The first-order chi connectivity index (χ1) is 16.0. The van der Waals surface area contributed by atoms with Crippen molar-refractivity contribution in [3.05, 3.63) is 82.1 Å². The van der Waals surface area contributed by atoms with Gasteiger partial charge in [0.25, 0.3) is 5.56 Å². The molecule has 0 saturated carbocycles. The average molecular weight is 465 g/mol. The van der Waals surface area contributed by atoms with Crippen LogP contribution in [0.3, 0.4) is 0 Å². The molecule has 11 heteroatoms. The Morgan fingerprint density at radius 3 is 2.76 bits per heavy atom. The summed E-state index contributed by atoms with van der Waals surface area (Å²) in [6.07, 6.45) is 3.52. The van der Waals surface area contributed by atoms with Gasteiger partial charge in [-0.3, -0.25) is 10.2 Å². The first-order valence-corrected chi connectivity index (χ1v) is 10.6. The lowest BCUT2D eigenvalue weighted by atomic mass is 10.1. The summed E-state index contributed by atoms with van der Waals surface area (Å²) >= 11 is 6.33. The Kier molecular flexibility index (Phi) is 5.35. The van der Waals surface area contributed by atoms with Crippen molar-refractivity contribution < 1.29 is 4.39 Å². The molecule has 166 valence electrons. The molecule has 3 N–H and O–H groups in total. The van der Waals surface area contributed by atoms with E-state index in [2.05, 4.69) is 30.7 Å². The predicted octanol–water partition coefficient (Wildman–Crippen LogP) is 4.29. The maximum atomic E-state index is 13.5. The first-order valence-electron chi connectivity index (χ1n) is 10.2. The number of anilines is 2. The molecule has 3 heterocycles. The van der Waals surface area contributed by atoms with Gasteiger partial charge in [0.05, 0.1) is 34.0 Å². The fraction of sp³-hybridized carbons (Fsp3) is 0.136. The highest BCUT2D eigenvalue weighted by Gasteiger charge is 2.22. The lowest BCUT2D eigenvalue weighted by Gasteiger charge is -2.23. The third-order valence-corrected chi connectivity index (χ3v) is 5.53. The van der Waals surface area contributed by atoms with Crippen LogP contribution in [-0.4, -0.2) is 29.6 Å². The van der Waals surface area contributed by atoms with Crippen LogP contribution in [0.1, 0.15) is 25.2 Å². The van der Waals surface area contributed by atoms with Crippen molar-refractivity contribution in [2.75, 3.05) is 10.7 Å². The largest absolute Gasteiger partial charge is 0.358 e. The molecule has 9 nitrogen and oxygen atoms in total. The van der Waals surface area contributed by atoms with E-state index in [1.54, 1.807) is 18.2 Å². The van der Waals surface area contributed by atoms with Crippen molar-refractivity contribution in [3.63, 3.8) is 0 Å². The van der Waals surface area contributed by atoms with Crippen molar-refractivity contribution >= 4 is 45.2 Å². The Labute approximate surface area is 191 Å². The normalized spacial score (nSPS) is 12.2. The van der Waals surface area contributed by atoms with Crippen molar-refractivity contribution in [1.29, 1.82) is 0 Å². The second-order valence-corrected chi connectivity index (χ2v) is 7.70. The number of H-pyrrole nitrogens is 1. The number of rotatable bonds is 6. The van der Waals surface area contributed by atoms with Crippen molar-refractivity contribution in [2.45, 2.75) is 19.4 Å². The van der Waals surface area contributed by atoms with E-state index in [-0.39, 0.29) is 16.8 Å². The highest BCUT2D eigenvalue weighted by Crippen LogP contribution is 2.26. The van der Waals surface area contributed by atoms with E-state index in [0.717, 1.165) is 0 Å². The number of imidazole rings is 1. The minimum Gasteiger partial charge on any atom is -0.358 e. The third kappa shape index (κ3) is 3.85. The lowest BCUT2D eigenvalue weighted by Crippen LogP contribution is -2.34. The maximum Gasteiger partial charge on any atom is 0.281 e. The van der Waals surface area contributed by atoms with Crippen LogP contribution in [0.15, 0.2) is 59.9 Å². The standard InChI is InChI=1S/C22H18ClFN8O/c1-2-15(29-20-18-19(26-10-25-18)27-11-28-20)21-30-16-5-3-4-14(23)17(16)22(33)32(21)31-13-8-6-12(24)7-9-13/h3-11,15,31H,2H2,1H3,(H2,25,26,27,28,29). The van der Waals surface area contributed by atoms with Crippen LogP contribution >= 0.6 is 11.6 Å². The quantitative estimate of drug-likeness (QED) is 0.343. The topological polar surface area (TPSA) is 113 Å². The molecule has 1 unspecified atom stereocenters. The van der Waals surface area contributed by atoms with Gasteiger partial charge in [-0.25, -0.2) is 29.0 Å². The summed E-state index contributed by atoms with van der Waals surface area (Å²) in [5.41, 5.74) is 4.80. The summed E-state index contributed by atoms with van der Waals surface area (Å²) in [5.74, 6) is 0.555. The van der Waals surface area contributed by atoms with Gasteiger partial charge in [-0.15, -0.1) is 0 Å². The molecule has 0 fully saturated rings. The number of hydrogen-bond donors (Lipinski definition) is 3. The van der Waals surface area contributed by atoms with Gasteiger partial charge in [0.15, 0.2) is 17.3 Å². The van der Waals surface area contributed by atoms with Gasteiger partial charge < -0.3 is 10.3 Å². The number of hydrogen-bond acceptors (Lipinski definition) is 7. The third-order valence-electron chi connectivity index (χ3n) is 5.21. The molecule has 0 aliphatic carbocycles. The molecule has 0 spiro atoms. The maximum absolute atomic E-state index is 13.5. The van der Waals surface area contributed by atoms with Crippen LogP contribution in [0.4, 0.5) is 15.9 Å². The lowest BCUT2D eigenvalue weighted by molar-refractivity contribution is 0.626. The smallest absolute Gasteiger partial charge is 0.281 e. The Morgan fingerprint density at radius 2 is 1.97 bits per heavy atom. The Balaban J connectivity index is 1.66. The van der Waals surface area contributed by atoms with Crippen molar-refractivity contribution in [3.8, 4) is 0 Å². The summed E-state index contributed by atoms with van der Waals surface area (Å²) in [6.45, 7) is 1.96. The molecule has 5 aromatic rings. The fourth-order valence-corrected chi connectivity index (χ4v) is 3.84. The van der Waals surface area contributed by atoms with Crippen LogP contribution in [0.2, 0.25) is 5.02 Å². The van der Waals surface area contributed by atoms with Crippen LogP contribution in [0.5, 0.6) is 0 Å². The van der Waals surface area contributed by atoms with Gasteiger partial charge in [-0.2, -0.15) is 0 Å². The molecule has 0 radical (unpaired) electrons. The zero-order chi connectivity index (χ0) is 22.9. The molecule has 3 aromatic heterocycles. The van der Waals surface area contributed by atoms with Gasteiger partial charge in [0.1, 0.15) is 17.7 Å². The van der Waals surface area contributed by atoms with E-state index >= 15 is 0 Å². The van der Waals surface area contributed by atoms with Crippen LogP contribution in [0.25, 0.3) is 22.1 Å². The predicted molar refractivity (Wildman–Crippen MR) is 125 cm³/mol. The SMILES string of the molecule is CCC(Nc1ncnc2nc[nH]c12)c1nc2cccc(Cl)c2c(=O)n1Nc1ccc(F)cc1. The number of halogens is 2. The molecule has 0 aliphatic rings. The van der Waals surface area contributed by atoms with Crippen LogP contribution in [-0.2, 0) is 0 Å². The molecular formula is C22H18ClFN8O. The van der Waals surface area contributed by atoms with E-state index in [4.69, 9.17) is 16.6 Å². The summed E-state index contributed by atoms with van der Waals surface area (Å²) in [4.78, 5) is 33.9. The molecule has 5 rings (SSSR count). The summed E-state index contributed by atoms with van der Waals surface area (Å²) < 4.78 is 14.7.